The highest BCUT2D eigenvalue weighted by Crippen LogP contribution is 2.40. The molecule has 3 aromatic carbocycles. The minimum atomic E-state index is -0.443. The summed E-state index contributed by atoms with van der Waals surface area (Å²) in [7, 11) is 0. The van der Waals surface area contributed by atoms with Gasteiger partial charge in [0.1, 0.15) is 18.0 Å². The molecule has 0 radical (unpaired) electrons. The Balaban J connectivity index is 1.38. The number of guanidine groups is 2. The minimum absolute atomic E-state index is 0.271. The number of benzene rings is 3. The first-order valence-corrected chi connectivity index (χ1v) is 11.5. The van der Waals surface area contributed by atoms with Crippen LogP contribution in [0.3, 0.4) is 0 Å². The predicted octanol–water partition coefficient (Wildman–Crippen LogP) is 5.04. The van der Waals surface area contributed by atoms with Crippen LogP contribution >= 0.6 is 0 Å². The molecule has 0 bridgehead atoms. The Labute approximate surface area is 194 Å². The van der Waals surface area contributed by atoms with Crippen LogP contribution in [0.15, 0.2) is 88.8 Å². The monoisotopic (exact) mass is 439 g/mol. The third-order valence-corrected chi connectivity index (χ3v) is 6.39. The van der Waals surface area contributed by atoms with Crippen molar-refractivity contribution in [3.05, 3.63) is 84.4 Å². The molecule has 1 aliphatic carbocycles. The fourth-order valence-corrected chi connectivity index (χ4v) is 4.80. The summed E-state index contributed by atoms with van der Waals surface area (Å²) in [5.41, 5.74) is 16.3. The largest absolute Gasteiger partial charge is 0.489 e. The zero-order valence-electron chi connectivity index (χ0n) is 18.7. The lowest BCUT2D eigenvalue weighted by Gasteiger charge is -2.45. The van der Waals surface area contributed by atoms with Gasteiger partial charge in [-0.05, 0) is 66.6 Å². The molecule has 2 aliphatic rings. The van der Waals surface area contributed by atoms with E-state index in [2.05, 4.69) is 58.4 Å². The highest BCUT2D eigenvalue weighted by Gasteiger charge is 2.42. The molecule has 0 amide bonds. The number of anilines is 1. The third-order valence-electron chi connectivity index (χ3n) is 6.39. The first-order chi connectivity index (χ1) is 16.1. The first kappa shape index (κ1) is 21.1. The van der Waals surface area contributed by atoms with Crippen molar-refractivity contribution < 1.29 is 4.74 Å². The number of nitrogens with zero attached hydrogens (tertiary/aromatic N) is 3. The van der Waals surface area contributed by atoms with Crippen LogP contribution in [0, 0.1) is 0 Å². The topological polar surface area (TPSA) is 89.2 Å². The van der Waals surface area contributed by atoms with Gasteiger partial charge in [0, 0.05) is 5.69 Å². The van der Waals surface area contributed by atoms with E-state index in [0.29, 0.717) is 12.6 Å². The normalized spacial score (nSPS) is 17.4. The summed E-state index contributed by atoms with van der Waals surface area (Å²) in [5.74, 6) is 1.52. The Bertz CT molecular complexity index is 1160. The van der Waals surface area contributed by atoms with E-state index in [0.717, 1.165) is 53.8 Å². The fourth-order valence-electron chi connectivity index (χ4n) is 4.80. The van der Waals surface area contributed by atoms with Crippen molar-refractivity contribution in [1.82, 2.24) is 0 Å². The Hall–Kier alpha value is -3.80. The van der Waals surface area contributed by atoms with Crippen LogP contribution in [-0.4, -0.2) is 17.6 Å². The van der Waals surface area contributed by atoms with E-state index in [1.54, 1.807) is 0 Å². The van der Waals surface area contributed by atoms with Gasteiger partial charge in [-0.2, -0.15) is 4.99 Å². The van der Waals surface area contributed by atoms with E-state index in [1.807, 2.05) is 30.3 Å². The first-order valence-electron chi connectivity index (χ1n) is 11.5. The molecule has 3 aromatic rings. The van der Waals surface area contributed by atoms with Gasteiger partial charge in [0.25, 0.3) is 0 Å². The molecule has 5 rings (SSSR count). The van der Waals surface area contributed by atoms with Crippen molar-refractivity contribution in [2.24, 2.45) is 21.5 Å². The molecule has 1 fully saturated rings. The second-order valence-corrected chi connectivity index (χ2v) is 8.67. The van der Waals surface area contributed by atoms with Gasteiger partial charge in [0.15, 0.2) is 0 Å². The molecule has 1 spiro atoms. The van der Waals surface area contributed by atoms with Crippen LogP contribution in [0.5, 0.6) is 5.75 Å². The average Bonchev–Trinajstić information content (AvgIpc) is 2.84. The molecular formula is C27H29N5O. The van der Waals surface area contributed by atoms with Gasteiger partial charge in [-0.1, -0.05) is 61.0 Å². The number of ether oxygens (including phenoxy) is 1. The van der Waals surface area contributed by atoms with Crippen LogP contribution in [0.4, 0.5) is 5.69 Å². The van der Waals surface area contributed by atoms with Crippen LogP contribution in [0.25, 0.3) is 11.1 Å². The highest BCUT2D eigenvalue weighted by atomic mass is 16.5. The van der Waals surface area contributed by atoms with Crippen LogP contribution in [0.1, 0.15) is 37.7 Å². The minimum Gasteiger partial charge on any atom is -0.489 e. The highest BCUT2D eigenvalue weighted by molar-refractivity contribution is 6.05. The van der Waals surface area contributed by atoms with Crippen molar-refractivity contribution in [2.45, 2.75) is 44.4 Å². The van der Waals surface area contributed by atoms with E-state index in [1.165, 1.54) is 6.42 Å². The molecular weight excluding hydrogens is 410 g/mol. The van der Waals surface area contributed by atoms with Crippen LogP contribution in [-0.2, 0) is 6.61 Å². The molecule has 6 heteroatoms. The molecule has 168 valence electrons. The maximum atomic E-state index is 6.40. The lowest BCUT2D eigenvalue weighted by molar-refractivity contribution is 0.305. The number of hydrogen-bond donors (Lipinski definition) is 2. The van der Waals surface area contributed by atoms with Crippen molar-refractivity contribution >= 4 is 17.6 Å². The maximum Gasteiger partial charge on any atom is 0.220 e. The Morgan fingerprint density at radius 2 is 1.58 bits per heavy atom. The molecule has 0 unspecified atom stereocenters. The fraction of sp³-hybridized carbons (Fsp3) is 0.259. The van der Waals surface area contributed by atoms with Crippen LogP contribution in [0.2, 0.25) is 0 Å². The van der Waals surface area contributed by atoms with Gasteiger partial charge in [-0.25, -0.2) is 4.99 Å². The summed E-state index contributed by atoms with van der Waals surface area (Å²) in [4.78, 5) is 11.1. The van der Waals surface area contributed by atoms with Crippen molar-refractivity contribution in [3.8, 4) is 16.9 Å². The zero-order valence-corrected chi connectivity index (χ0v) is 18.7. The smallest absolute Gasteiger partial charge is 0.220 e. The number of nitrogens with two attached hydrogens (primary N) is 2. The van der Waals surface area contributed by atoms with E-state index in [9.17, 15) is 0 Å². The standard InChI is InChI=1S/C27H29N5O/c28-25-30-26(29)32(27(31-25)16-5-2-6-17-27)23-11-7-10-22(18-23)21-12-14-24(15-13-21)33-19-20-8-3-1-4-9-20/h1,3-4,7-15,18H,2,5-6,16-17,19H2,(H4,28,29,30,31). The van der Waals surface area contributed by atoms with Crippen molar-refractivity contribution in [3.63, 3.8) is 0 Å². The van der Waals surface area contributed by atoms with E-state index >= 15 is 0 Å². The van der Waals surface area contributed by atoms with Gasteiger partial charge < -0.3 is 16.2 Å². The van der Waals surface area contributed by atoms with E-state index in [-0.39, 0.29) is 5.96 Å². The second kappa shape index (κ2) is 8.98. The quantitative estimate of drug-likeness (QED) is 0.583. The van der Waals surface area contributed by atoms with Gasteiger partial charge in [-0.3, -0.25) is 4.90 Å². The molecule has 1 heterocycles. The lowest BCUT2D eigenvalue weighted by Crippen LogP contribution is -2.58. The van der Waals surface area contributed by atoms with Crippen molar-refractivity contribution in [2.75, 3.05) is 4.90 Å². The van der Waals surface area contributed by atoms with E-state index < -0.39 is 5.66 Å². The van der Waals surface area contributed by atoms with Gasteiger partial charge in [0.05, 0.1) is 0 Å². The summed E-state index contributed by atoms with van der Waals surface area (Å²) in [6.07, 6.45) is 5.25. The van der Waals surface area contributed by atoms with Gasteiger partial charge >= 0.3 is 0 Å². The van der Waals surface area contributed by atoms with Gasteiger partial charge in [0.2, 0.25) is 11.9 Å². The number of hydrogen-bond acceptors (Lipinski definition) is 6. The lowest BCUT2D eigenvalue weighted by atomic mass is 9.87. The summed E-state index contributed by atoms with van der Waals surface area (Å²) in [5, 5.41) is 0. The molecule has 33 heavy (non-hydrogen) atoms. The van der Waals surface area contributed by atoms with Gasteiger partial charge in [-0.15, -0.1) is 0 Å². The molecule has 0 saturated heterocycles. The summed E-state index contributed by atoms with van der Waals surface area (Å²) >= 11 is 0. The second-order valence-electron chi connectivity index (χ2n) is 8.67. The van der Waals surface area contributed by atoms with E-state index in [4.69, 9.17) is 21.2 Å². The Kier molecular flexibility index (Phi) is 5.73. The SMILES string of the molecule is NC1=NC2(CCCCC2)N(c2cccc(-c3ccc(OCc4ccccc4)cc3)c2)C(N)=N1. The molecule has 0 aromatic heterocycles. The number of aliphatic imine (C=N–C) groups is 2. The summed E-state index contributed by atoms with van der Waals surface area (Å²) in [6.45, 7) is 0.551. The van der Waals surface area contributed by atoms with Crippen LogP contribution < -0.4 is 21.1 Å². The Morgan fingerprint density at radius 3 is 2.33 bits per heavy atom. The van der Waals surface area contributed by atoms with Crippen molar-refractivity contribution in [1.29, 1.82) is 0 Å². The molecule has 4 N–H and O–H groups in total. The number of rotatable bonds is 5. The Morgan fingerprint density at radius 1 is 0.818 bits per heavy atom. The predicted molar refractivity (Wildman–Crippen MR) is 134 cm³/mol. The zero-order chi connectivity index (χ0) is 22.7. The maximum absolute atomic E-state index is 6.40. The molecule has 1 aliphatic heterocycles. The molecule has 0 atom stereocenters. The summed E-state index contributed by atoms with van der Waals surface area (Å²) in [6, 6.07) is 26.7. The summed E-state index contributed by atoms with van der Waals surface area (Å²) < 4.78 is 5.93. The molecule has 6 nitrogen and oxygen atoms in total. The molecule has 1 saturated carbocycles. The third kappa shape index (κ3) is 4.42. The average molecular weight is 440 g/mol.